The summed E-state index contributed by atoms with van der Waals surface area (Å²) in [6.07, 6.45) is 2.43. The number of nitrogens with one attached hydrogen (secondary N) is 1. The third-order valence-electron chi connectivity index (χ3n) is 5.34. The van der Waals surface area contributed by atoms with Gasteiger partial charge >= 0.3 is 0 Å². The van der Waals surface area contributed by atoms with Crippen molar-refractivity contribution in [3.63, 3.8) is 0 Å². The lowest BCUT2D eigenvalue weighted by molar-refractivity contribution is -0.139. The number of para-hydroxylation sites is 2. The van der Waals surface area contributed by atoms with Crippen LogP contribution in [0.2, 0.25) is 5.02 Å². The third-order valence-corrected chi connectivity index (χ3v) is 5.58. The number of benzene rings is 2. The molecule has 2 aliphatic heterocycles. The summed E-state index contributed by atoms with van der Waals surface area (Å²) in [6, 6.07) is 11.3. The summed E-state index contributed by atoms with van der Waals surface area (Å²) in [5, 5.41) is 2.89. The summed E-state index contributed by atoms with van der Waals surface area (Å²) in [7, 11) is 0. The van der Waals surface area contributed by atoms with Crippen LogP contribution in [0, 0.1) is 5.82 Å². The van der Waals surface area contributed by atoms with Crippen molar-refractivity contribution in [2.24, 2.45) is 0 Å². The van der Waals surface area contributed by atoms with Crippen LogP contribution in [0.25, 0.3) is 0 Å². The fourth-order valence-electron chi connectivity index (χ4n) is 3.86. The van der Waals surface area contributed by atoms with Gasteiger partial charge in [0.15, 0.2) is 6.10 Å². The van der Waals surface area contributed by atoms with E-state index in [1.807, 2.05) is 23.1 Å². The molecular weight excluding hydrogens is 409 g/mol. The van der Waals surface area contributed by atoms with Crippen LogP contribution in [-0.4, -0.2) is 49.0 Å². The van der Waals surface area contributed by atoms with E-state index in [2.05, 4.69) is 5.32 Å². The van der Waals surface area contributed by atoms with Crippen LogP contribution in [0.15, 0.2) is 42.5 Å². The zero-order valence-electron chi connectivity index (χ0n) is 16.4. The van der Waals surface area contributed by atoms with Crippen LogP contribution in [0.5, 0.6) is 5.75 Å². The number of ether oxygens (including phenoxy) is 1. The van der Waals surface area contributed by atoms with Crippen LogP contribution in [0.3, 0.4) is 0 Å². The molecule has 0 spiro atoms. The number of carbonyl (C=O) groups is 2. The van der Waals surface area contributed by atoms with Crippen LogP contribution >= 0.6 is 11.6 Å². The van der Waals surface area contributed by atoms with Gasteiger partial charge in [-0.15, -0.1) is 0 Å². The van der Waals surface area contributed by atoms with E-state index in [1.165, 1.54) is 18.2 Å². The molecule has 6 nitrogen and oxygen atoms in total. The van der Waals surface area contributed by atoms with Gasteiger partial charge in [-0.2, -0.15) is 0 Å². The molecular formula is C22H23ClFN3O3. The summed E-state index contributed by atoms with van der Waals surface area (Å²) < 4.78 is 19.9. The average Bonchev–Trinajstić information content (AvgIpc) is 2.76. The Kier molecular flexibility index (Phi) is 6.08. The lowest BCUT2D eigenvalue weighted by Gasteiger charge is -2.38. The Balaban J connectivity index is 1.50. The number of carbonyl (C=O) groups excluding carboxylic acids is 2. The molecule has 158 valence electrons. The van der Waals surface area contributed by atoms with E-state index in [-0.39, 0.29) is 24.7 Å². The number of piperidine rings is 1. The van der Waals surface area contributed by atoms with Crippen molar-refractivity contribution in [1.29, 1.82) is 0 Å². The molecule has 8 heteroatoms. The molecule has 2 aromatic rings. The fourth-order valence-corrected chi connectivity index (χ4v) is 4.03. The molecule has 0 aliphatic carbocycles. The molecule has 1 N–H and O–H groups in total. The second-order valence-electron chi connectivity index (χ2n) is 7.51. The van der Waals surface area contributed by atoms with Gasteiger partial charge in [-0.05, 0) is 49.6 Å². The molecule has 1 fully saturated rings. The van der Waals surface area contributed by atoms with E-state index < -0.39 is 17.8 Å². The summed E-state index contributed by atoms with van der Waals surface area (Å²) in [5.41, 5.74) is 0.747. The van der Waals surface area contributed by atoms with Gasteiger partial charge in [0.1, 0.15) is 11.6 Å². The number of amides is 2. The number of hydrogen-bond donors (Lipinski definition) is 1. The van der Waals surface area contributed by atoms with Crippen LogP contribution in [-0.2, 0) is 9.59 Å². The quantitative estimate of drug-likeness (QED) is 0.801. The van der Waals surface area contributed by atoms with Gasteiger partial charge in [0.25, 0.3) is 5.91 Å². The Morgan fingerprint density at radius 1 is 1.13 bits per heavy atom. The van der Waals surface area contributed by atoms with Crippen molar-refractivity contribution in [1.82, 2.24) is 4.90 Å². The first-order valence-electron chi connectivity index (χ1n) is 10.1. The monoisotopic (exact) mass is 431 g/mol. The lowest BCUT2D eigenvalue weighted by atomic mass is 10.1. The highest BCUT2D eigenvalue weighted by molar-refractivity contribution is 6.30. The molecule has 0 aromatic heterocycles. The number of anilines is 2. The molecule has 4 rings (SSSR count). The van der Waals surface area contributed by atoms with Crippen molar-refractivity contribution in [3.8, 4) is 5.75 Å². The maximum atomic E-state index is 14.0. The van der Waals surface area contributed by atoms with E-state index in [9.17, 15) is 14.0 Å². The average molecular weight is 432 g/mol. The minimum Gasteiger partial charge on any atom is -0.477 e. The van der Waals surface area contributed by atoms with Crippen LogP contribution < -0.4 is 15.0 Å². The molecule has 2 aromatic carbocycles. The molecule has 30 heavy (non-hydrogen) atoms. The number of fused-ring (bicyclic) bond motifs is 1. The Bertz CT molecular complexity index is 949. The summed E-state index contributed by atoms with van der Waals surface area (Å²) in [6.45, 7) is 1.66. The smallest absolute Gasteiger partial charge is 0.265 e. The highest BCUT2D eigenvalue weighted by atomic mass is 35.5. The highest BCUT2D eigenvalue weighted by Crippen LogP contribution is 2.33. The number of rotatable bonds is 4. The van der Waals surface area contributed by atoms with E-state index in [4.69, 9.17) is 16.3 Å². The summed E-state index contributed by atoms with van der Waals surface area (Å²) in [4.78, 5) is 29.2. The SMILES string of the molecule is O=C(CN1C[C@H](C(=O)N2CCCCC2)Oc2ccccc21)Nc1cc(Cl)ccc1F. The normalized spacial score (nSPS) is 18.4. The summed E-state index contributed by atoms with van der Waals surface area (Å²) >= 11 is 5.90. The predicted octanol–water partition coefficient (Wildman–Crippen LogP) is 3.70. The maximum Gasteiger partial charge on any atom is 0.265 e. The van der Waals surface area contributed by atoms with E-state index in [0.717, 1.165) is 38.0 Å². The topological polar surface area (TPSA) is 61.9 Å². The van der Waals surface area contributed by atoms with Crippen molar-refractivity contribution in [2.75, 3.05) is 36.4 Å². The van der Waals surface area contributed by atoms with Crippen LogP contribution in [0.4, 0.5) is 15.8 Å². The molecule has 1 atom stereocenters. The van der Waals surface area contributed by atoms with Crippen LogP contribution in [0.1, 0.15) is 19.3 Å². The van der Waals surface area contributed by atoms with E-state index in [1.54, 1.807) is 11.0 Å². The largest absolute Gasteiger partial charge is 0.477 e. The second kappa shape index (κ2) is 8.92. The third kappa shape index (κ3) is 4.51. The van der Waals surface area contributed by atoms with Crippen molar-refractivity contribution < 1.29 is 18.7 Å². The zero-order chi connectivity index (χ0) is 21.1. The second-order valence-corrected chi connectivity index (χ2v) is 7.95. The Morgan fingerprint density at radius 2 is 1.90 bits per heavy atom. The Morgan fingerprint density at radius 3 is 2.70 bits per heavy atom. The predicted molar refractivity (Wildman–Crippen MR) is 114 cm³/mol. The van der Waals surface area contributed by atoms with Gasteiger partial charge in [0.2, 0.25) is 5.91 Å². The number of hydrogen-bond acceptors (Lipinski definition) is 4. The van der Waals surface area contributed by atoms with Gasteiger partial charge < -0.3 is 19.9 Å². The van der Waals surface area contributed by atoms with E-state index >= 15 is 0 Å². The van der Waals surface area contributed by atoms with Gasteiger partial charge in [0, 0.05) is 18.1 Å². The van der Waals surface area contributed by atoms with Crippen molar-refractivity contribution in [2.45, 2.75) is 25.4 Å². The number of halogens is 2. The van der Waals surface area contributed by atoms with Gasteiger partial charge in [-0.3, -0.25) is 9.59 Å². The fraction of sp³-hybridized carbons (Fsp3) is 0.364. The Labute approximate surface area is 179 Å². The first kappa shape index (κ1) is 20.5. The van der Waals surface area contributed by atoms with Crippen molar-refractivity contribution >= 4 is 34.8 Å². The standard InChI is InChI=1S/C22H23ClFN3O3/c23-15-8-9-16(24)17(12-15)25-21(28)14-27-13-20(22(29)26-10-4-1-5-11-26)30-19-7-3-2-6-18(19)27/h2-3,6-9,12,20H,1,4-5,10-11,13-14H2,(H,25,28)/t20-/m1/s1. The van der Waals surface area contributed by atoms with Gasteiger partial charge in [-0.1, -0.05) is 23.7 Å². The molecule has 2 amide bonds. The molecule has 0 saturated carbocycles. The lowest BCUT2D eigenvalue weighted by Crippen LogP contribution is -2.52. The first-order valence-corrected chi connectivity index (χ1v) is 10.4. The number of nitrogens with zero attached hydrogens (tertiary/aromatic N) is 2. The minimum absolute atomic E-state index is 0.0231. The zero-order valence-corrected chi connectivity index (χ0v) is 17.2. The molecule has 0 unspecified atom stereocenters. The Hall–Kier alpha value is -2.80. The van der Waals surface area contributed by atoms with E-state index in [0.29, 0.717) is 10.8 Å². The molecule has 1 saturated heterocycles. The number of likely N-dealkylation sites (tertiary alicyclic amines) is 1. The molecule has 0 radical (unpaired) electrons. The molecule has 2 heterocycles. The minimum atomic E-state index is -0.686. The maximum absolute atomic E-state index is 14.0. The molecule has 2 aliphatic rings. The highest BCUT2D eigenvalue weighted by Gasteiger charge is 2.34. The van der Waals surface area contributed by atoms with Crippen molar-refractivity contribution in [3.05, 3.63) is 53.3 Å². The molecule has 0 bridgehead atoms. The van der Waals surface area contributed by atoms with Gasteiger partial charge in [0.05, 0.1) is 24.5 Å². The first-order chi connectivity index (χ1) is 14.5. The summed E-state index contributed by atoms with van der Waals surface area (Å²) in [5.74, 6) is -0.471. The van der Waals surface area contributed by atoms with Gasteiger partial charge in [-0.25, -0.2) is 4.39 Å².